The molecule has 2 atom stereocenters. The van der Waals surface area contributed by atoms with E-state index in [4.69, 9.17) is 5.73 Å². The first kappa shape index (κ1) is 16.6. The van der Waals surface area contributed by atoms with Crippen LogP contribution in [-0.4, -0.2) is 37.2 Å². The Kier molecular flexibility index (Phi) is 5.92. The van der Waals surface area contributed by atoms with Gasteiger partial charge >= 0.3 is 0 Å². The van der Waals surface area contributed by atoms with Gasteiger partial charge in [-0.1, -0.05) is 25.0 Å². The highest BCUT2D eigenvalue weighted by molar-refractivity contribution is 8.00. The molecule has 1 aliphatic rings. The van der Waals surface area contributed by atoms with E-state index < -0.39 is 16.1 Å². The van der Waals surface area contributed by atoms with Gasteiger partial charge in [-0.25, -0.2) is 13.1 Å². The maximum absolute atomic E-state index is 12.1. The van der Waals surface area contributed by atoms with Crippen LogP contribution in [0, 0.1) is 0 Å². The van der Waals surface area contributed by atoms with Crippen molar-refractivity contribution in [1.82, 2.24) is 4.72 Å². The molecule has 0 amide bonds. The number of sulfonamides is 1. The SMILES string of the molecule is Nc1ccccc1SCCS(=O)(=O)NC1CCCCC1O. The molecule has 0 bridgehead atoms. The lowest BCUT2D eigenvalue weighted by Gasteiger charge is -2.28. The summed E-state index contributed by atoms with van der Waals surface area (Å²) in [5, 5.41) is 9.82. The summed E-state index contributed by atoms with van der Waals surface area (Å²) in [6, 6.07) is 7.07. The fourth-order valence-corrected chi connectivity index (χ4v) is 5.11. The normalized spacial score (nSPS) is 23.1. The van der Waals surface area contributed by atoms with Crippen LogP contribution in [0.2, 0.25) is 0 Å². The second-order valence-corrected chi connectivity index (χ2v) is 8.29. The number of rotatable bonds is 6. The minimum atomic E-state index is -3.37. The van der Waals surface area contributed by atoms with Crippen LogP contribution in [-0.2, 0) is 10.0 Å². The summed E-state index contributed by atoms with van der Waals surface area (Å²) in [4.78, 5) is 0.894. The molecule has 0 aliphatic heterocycles. The summed E-state index contributed by atoms with van der Waals surface area (Å²) in [5.74, 6) is 0.460. The zero-order chi connectivity index (χ0) is 15.3. The van der Waals surface area contributed by atoms with Crippen LogP contribution in [0.4, 0.5) is 5.69 Å². The zero-order valence-electron chi connectivity index (χ0n) is 11.9. The number of hydrogen-bond acceptors (Lipinski definition) is 5. The van der Waals surface area contributed by atoms with Crippen molar-refractivity contribution in [1.29, 1.82) is 0 Å². The molecule has 1 aromatic carbocycles. The van der Waals surface area contributed by atoms with Crippen LogP contribution in [0.25, 0.3) is 0 Å². The molecular weight excluding hydrogens is 308 g/mol. The van der Waals surface area contributed by atoms with Gasteiger partial charge in [0.05, 0.1) is 11.9 Å². The molecule has 0 radical (unpaired) electrons. The van der Waals surface area contributed by atoms with Crippen LogP contribution in [0.3, 0.4) is 0 Å². The van der Waals surface area contributed by atoms with Gasteiger partial charge in [0.2, 0.25) is 10.0 Å². The Morgan fingerprint density at radius 1 is 1.29 bits per heavy atom. The first-order chi connectivity index (χ1) is 9.98. The maximum Gasteiger partial charge on any atom is 0.212 e. The Balaban J connectivity index is 1.82. The minimum Gasteiger partial charge on any atom is -0.398 e. The summed E-state index contributed by atoms with van der Waals surface area (Å²) < 4.78 is 26.7. The largest absolute Gasteiger partial charge is 0.398 e. The lowest BCUT2D eigenvalue weighted by atomic mass is 9.93. The van der Waals surface area contributed by atoms with Crippen LogP contribution in [0.5, 0.6) is 0 Å². The maximum atomic E-state index is 12.1. The Morgan fingerprint density at radius 2 is 2.00 bits per heavy atom. The van der Waals surface area contributed by atoms with Gasteiger partial charge in [-0.05, 0) is 25.0 Å². The van der Waals surface area contributed by atoms with Gasteiger partial charge in [-0.3, -0.25) is 0 Å². The highest BCUT2D eigenvalue weighted by Crippen LogP contribution is 2.24. The number of nitrogen functional groups attached to an aromatic ring is 1. The third-order valence-electron chi connectivity index (χ3n) is 3.59. The van der Waals surface area contributed by atoms with Crippen molar-refractivity contribution in [3.8, 4) is 0 Å². The standard InChI is InChI=1S/C14H22N2O3S2/c15-11-5-1-4-8-14(11)20-9-10-21(18,19)16-12-6-2-3-7-13(12)17/h1,4-5,8,12-13,16-17H,2-3,6-7,9-10,15H2. The number of nitrogens with two attached hydrogens (primary N) is 1. The molecule has 21 heavy (non-hydrogen) atoms. The second-order valence-electron chi connectivity index (χ2n) is 5.28. The smallest absolute Gasteiger partial charge is 0.212 e. The van der Waals surface area contributed by atoms with Gasteiger partial charge in [0.25, 0.3) is 0 Å². The lowest BCUT2D eigenvalue weighted by Crippen LogP contribution is -2.46. The third-order valence-corrected chi connectivity index (χ3v) is 6.34. The molecule has 0 saturated heterocycles. The van der Waals surface area contributed by atoms with Gasteiger partial charge in [-0.2, -0.15) is 0 Å². The Morgan fingerprint density at radius 3 is 2.71 bits per heavy atom. The van der Waals surface area contributed by atoms with Gasteiger partial charge < -0.3 is 10.8 Å². The molecule has 4 N–H and O–H groups in total. The number of anilines is 1. The quantitative estimate of drug-likeness (QED) is 0.544. The molecule has 2 unspecified atom stereocenters. The van der Waals surface area contributed by atoms with E-state index in [-0.39, 0.29) is 11.8 Å². The molecular formula is C14H22N2O3S2. The van der Waals surface area contributed by atoms with Crippen LogP contribution in [0.15, 0.2) is 29.2 Å². The van der Waals surface area contributed by atoms with Crippen molar-refractivity contribution in [2.24, 2.45) is 0 Å². The van der Waals surface area contributed by atoms with Gasteiger partial charge in [0, 0.05) is 22.4 Å². The van der Waals surface area contributed by atoms with Crippen molar-refractivity contribution in [3.05, 3.63) is 24.3 Å². The predicted octanol–water partition coefficient (Wildman–Crippen LogP) is 1.58. The fourth-order valence-electron chi connectivity index (χ4n) is 2.41. The van der Waals surface area contributed by atoms with E-state index in [1.54, 1.807) is 6.07 Å². The molecule has 1 aromatic rings. The van der Waals surface area contributed by atoms with Crippen molar-refractivity contribution in [2.75, 3.05) is 17.2 Å². The molecule has 1 fully saturated rings. The van der Waals surface area contributed by atoms with Gasteiger partial charge in [0.1, 0.15) is 0 Å². The zero-order valence-corrected chi connectivity index (χ0v) is 13.5. The van der Waals surface area contributed by atoms with E-state index in [0.717, 1.165) is 17.7 Å². The van der Waals surface area contributed by atoms with Crippen LogP contribution < -0.4 is 10.5 Å². The monoisotopic (exact) mass is 330 g/mol. The lowest BCUT2D eigenvalue weighted by molar-refractivity contribution is 0.101. The predicted molar refractivity (Wildman–Crippen MR) is 86.8 cm³/mol. The van der Waals surface area contributed by atoms with Crippen LogP contribution in [0.1, 0.15) is 25.7 Å². The van der Waals surface area contributed by atoms with Crippen molar-refractivity contribution in [2.45, 2.75) is 42.7 Å². The Labute approximate surface area is 130 Å². The fraction of sp³-hybridized carbons (Fsp3) is 0.571. The number of benzene rings is 1. The molecule has 118 valence electrons. The van der Waals surface area contributed by atoms with Crippen molar-refractivity contribution in [3.63, 3.8) is 0 Å². The molecule has 0 heterocycles. The number of aliphatic hydroxyl groups excluding tert-OH is 1. The van der Waals surface area contributed by atoms with Gasteiger partial charge in [0.15, 0.2) is 0 Å². The molecule has 5 nitrogen and oxygen atoms in total. The minimum absolute atomic E-state index is 0.0230. The van der Waals surface area contributed by atoms with Crippen LogP contribution >= 0.6 is 11.8 Å². The highest BCUT2D eigenvalue weighted by Gasteiger charge is 2.26. The molecule has 7 heteroatoms. The molecule has 0 spiro atoms. The average molecular weight is 330 g/mol. The second kappa shape index (κ2) is 7.49. The first-order valence-electron chi connectivity index (χ1n) is 7.13. The molecule has 0 aromatic heterocycles. The average Bonchev–Trinajstić information content (AvgIpc) is 2.43. The van der Waals surface area contributed by atoms with E-state index in [9.17, 15) is 13.5 Å². The first-order valence-corrected chi connectivity index (χ1v) is 9.77. The highest BCUT2D eigenvalue weighted by atomic mass is 32.2. The van der Waals surface area contributed by atoms with Crippen molar-refractivity contribution < 1.29 is 13.5 Å². The third kappa shape index (κ3) is 5.18. The Hall–Kier alpha value is -0.760. The summed E-state index contributed by atoms with van der Waals surface area (Å²) >= 11 is 1.43. The molecule has 1 saturated carbocycles. The van der Waals surface area contributed by atoms with Gasteiger partial charge in [-0.15, -0.1) is 11.8 Å². The summed E-state index contributed by atoms with van der Waals surface area (Å²) in [6.07, 6.45) is 2.73. The van der Waals surface area contributed by atoms with E-state index in [1.165, 1.54) is 11.8 Å². The molecule has 2 rings (SSSR count). The number of hydrogen-bond donors (Lipinski definition) is 3. The number of nitrogens with one attached hydrogen (secondary N) is 1. The number of para-hydroxylation sites is 1. The van der Waals surface area contributed by atoms with E-state index in [0.29, 0.717) is 24.3 Å². The summed E-state index contributed by atoms with van der Waals surface area (Å²) in [6.45, 7) is 0. The number of thioether (sulfide) groups is 1. The Bertz CT molecular complexity index is 563. The summed E-state index contributed by atoms with van der Waals surface area (Å²) in [5.41, 5.74) is 6.48. The molecule has 1 aliphatic carbocycles. The van der Waals surface area contributed by atoms with E-state index in [2.05, 4.69) is 4.72 Å². The van der Waals surface area contributed by atoms with Crippen molar-refractivity contribution >= 4 is 27.5 Å². The number of aliphatic hydroxyl groups is 1. The summed E-state index contributed by atoms with van der Waals surface area (Å²) in [7, 11) is -3.37. The van der Waals surface area contributed by atoms with E-state index >= 15 is 0 Å². The topological polar surface area (TPSA) is 92.4 Å². The van der Waals surface area contributed by atoms with E-state index in [1.807, 2.05) is 18.2 Å².